The largest absolute Gasteiger partial charge is 0.573 e. The predicted octanol–water partition coefficient (Wildman–Crippen LogP) is 2.90. The summed E-state index contributed by atoms with van der Waals surface area (Å²) in [6.07, 6.45) is -4.66. The SMILES string of the molecule is CNCCC(=O)Nc1ccc(Br)cc1OC(F)(F)F. The molecule has 1 aromatic carbocycles. The Morgan fingerprint density at radius 1 is 1.42 bits per heavy atom. The standard InChI is InChI=1S/C11H12BrF3N2O2/c1-16-5-4-10(18)17-8-3-2-7(12)6-9(8)19-11(13,14)15/h2-3,6,16H,4-5H2,1H3,(H,17,18). The molecule has 0 heterocycles. The molecular formula is C11H12BrF3N2O2. The normalized spacial score (nSPS) is 11.2. The first-order valence-electron chi connectivity index (χ1n) is 5.31. The molecule has 0 saturated heterocycles. The monoisotopic (exact) mass is 340 g/mol. The number of amides is 1. The Labute approximate surface area is 116 Å². The highest BCUT2D eigenvalue weighted by molar-refractivity contribution is 9.10. The maximum Gasteiger partial charge on any atom is 0.573 e. The third-order valence-corrected chi connectivity index (χ3v) is 2.54. The van der Waals surface area contributed by atoms with Crippen molar-refractivity contribution >= 4 is 27.5 Å². The summed E-state index contributed by atoms with van der Waals surface area (Å²) in [5.41, 5.74) is -0.0263. The third-order valence-electron chi connectivity index (χ3n) is 2.05. The average Bonchev–Trinajstić information content (AvgIpc) is 2.28. The Morgan fingerprint density at radius 2 is 2.11 bits per heavy atom. The summed E-state index contributed by atoms with van der Waals surface area (Å²) < 4.78 is 41.0. The Kier molecular flexibility index (Phi) is 5.61. The average molecular weight is 341 g/mol. The van der Waals surface area contributed by atoms with Crippen LogP contribution in [0.25, 0.3) is 0 Å². The zero-order valence-electron chi connectivity index (χ0n) is 9.97. The number of benzene rings is 1. The molecule has 0 aliphatic carbocycles. The van der Waals surface area contributed by atoms with Gasteiger partial charge in [-0.1, -0.05) is 15.9 Å². The first-order chi connectivity index (χ1) is 8.81. The molecule has 0 aliphatic heterocycles. The lowest BCUT2D eigenvalue weighted by Gasteiger charge is -2.14. The molecule has 0 spiro atoms. The highest BCUT2D eigenvalue weighted by Crippen LogP contribution is 2.32. The van der Waals surface area contributed by atoms with Crippen molar-refractivity contribution in [2.75, 3.05) is 18.9 Å². The van der Waals surface area contributed by atoms with Crippen LogP contribution in [0.5, 0.6) is 5.75 Å². The molecule has 0 unspecified atom stereocenters. The number of hydrogen-bond donors (Lipinski definition) is 2. The smallest absolute Gasteiger partial charge is 0.404 e. The van der Waals surface area contributed by atoms with Crippen molar-refractivity contribution < 1.29 is 22.7 Å². The van der Waals surface area contributed by atoms with Gasteiger partial charge in [0.2, 0.25) is 5.91 Å². The number of hydrogen-bond acceptors (Lipinski definition) is 3. The van der Waals surface area contributed by atoms with Crippen LogP contribution in [0.15, 0.2) is 22.7 Å². The minimum atomic E-state index is -4.81. The molecular weight excluding hydrogens is 329 g/mol. The van der Waals surface area contributed by atoms with Crippen LogP contribution in [-0.4, -0.2) is 25.9 Å². The van der Waals surface area contributed by atoms with Crippen LogP contribution in [0.3, 0.4) is 0 Å². The van der Waals surface area contributed by atoms with Crippen molar-refractivity contribution in [3.63, 3.8) is 0 Å². The minimum absolute atomic E-state index is 0.0263. The summed E-state index contributed by atoms with van der Waals surface area (Å²) >= 11 is 3.04. The highest BCUT2D eigenvalue weighted by Gasteiger charge is 2.32. The Bertz CT molecular complexity index is 452. The van der Waals surface area contributed by atoms with Gasteiger partial charge in [0, 0.05) is 17.4 Å². The van der Waals surface area contributed by atoms with E-state index in [2.05, 4.69) is 31.3 Å². The van der Waals surface area contributed by atoms with Gasteiger partial charge in [-0.15, -0.1) is 13.2 Å². The van der Waals surface area contributed by atoms with Crippen molar-refractivity contribution in [2.45, 2.75) is 12.8 Å². The molecule has 1 amide bonds. The zero-order valence-corrected chi connectivity index (χ0v) is 11.6. The van der Waals surface area contributed by atoms with Gasteiger partial charge in [0.1, 0.15) is 0 Å². The van der Waals surface area contributed by atoms with Gasteiger partial charge in [0.15, 0.2) is 5.75 Å². The van der Waals surface area contributed by atoms with E-state index in [1.54, 1.807) is 7.05 Å². The summed E-state index contributed by atoms with van der Waals surface area (Å²) in [5, 5.41) is 5.14. The molecule has 1 aromatic rings. The zero-order chi connectivity index (χ0) is 14.5. The van der Waals surface area contributed by atoms with Gasteiger partial charge in [-0.05, 0) is 25.2 Å². The summed E-state index contributed by atoms with van der Waals surface area (Å²) in [6.45, 7) is 0.428. The number of anilines is 1. The molecule has 0 aliphatic rings. The molecule has 4 nitrogen and oxygen atoms in total. The highest BCUT2D eigenvalue weighted by atomic mass is 79.9. The topological polar surface area (TPSA) is 50.4 Å². The van der Waals surface area contributed by atoms with Crippen molar-refractivity contribution in [1.82, 2.24) is 5.32 Å². The molecule has 0 radical (unpaired) electrons. The number of carbonyl (C=O) groups excluding carboxylic acids is 1. The predicted molar refractivity (Wildman–Crippen MR) is 68.0 cm³/mol. The lowest BCUT2D eigenvalue weighted by molar-refractivity contribution is -0.274. The second-order valence-electron chi connectivity index (χ2n) is 3.59. The number of alkyl halides is 3. The van der Waals surface area contributed by atoms with E-state index in [1.807, 2.05) is 0 Å². The molecule has 0 fully saturated rings. The fraction of sp³-hybridized carbons (Fsp3) is 0.364. The molecule has 8 heteroatoms. The van der Waals surface area contributed by atoms with Crippen LogP contribution in [0, 0.1) is 0 Å². The Hall–Kier alpha value is -1.28. The summed E-state index contributed by atoms with van der Waals surface area (Å²) in [4.78, 5) is 11.5. The Morgan fingerprint density at radius 3 is 2.68 bits per heavy atom. The van der Waals surface area contributed by atoms with Crippen LogP contribution in [-0.2, 0) is 4.79 Å². The van der Waals surface area contributed by atoms with E-state index in [4.69, 9.17) is 0 Å². The number of carbonyl (C=O) groups is 1. The van der Waals surface area contributed by atoms with Gasteiger partial charge in [-0.2, -0.15) is 0 Å². The Balaban J connectivity index is 2.84. The van der Waals surface area contributed by atoms with Crippen molar-refractivity contribution in [3.8, 4) is 5.75 Å². The van der Waals surface area contributed by atoms with Gasteiger partial charge in [0.05, 0.1) is 5.69 Å². The number of ether oxygens (including phenoxy) is 1. The van der Waals surface area contributed by atoms with E-state index in [9.17, 15) is 18.0 Å². The second-order valence-corrected chi connectivity index (χ2v) is 4.51. The maximum atomic E-state index is 12.2. The van der Waals surface area contributed by atoms with Crippen LogP contribution >= 0.6 is 15.9 Å². The third kappa shape index (κ3) is 5.93. The molecule has 0 saturated carbocycles. The summed E-state index contributed by atoms with van der Waals surface area (Å²) in [5.74, 6) is -0.858. The second kappa shape index (κ2) is 6.76. The van der Waals surface area contributed by atoms with Crippen LogP contribution in [0.4, 0.5) is 18.9 Å². The van der Waals surface area contributed by atoms with E-state index < -0.39 is 18.0 Å². The van der Waals surface area contributed by atoms with Crippen molar-refractivity contribution in [3.05, 3.63) is 22.7 Å². The lowest BCUT2D eigenvalue weighted by atomic mass is 10.2. The van der Waals surface area contributed by atoms with Crippen LogP contribution < -0.4 is 15.4 Å². The number of nitrogens with one attached hydrogen (secondary N) is 2. The van der Waals surface area contributed by atoms with Gasteiger partial charge < -0.3 is 15.4 Å². The van der Waals surface area contributed by atoms with Gasteiger partial charge in [0.25, 0.3) is 0 Å². The number of halogens is 4. The van der Waals surface area contributed by atoms with E-state index in [0.717, 1.165) is 6.07 Å². The van der Waals surface area contributed by atoms with E-state index >= 15 is 0 Å². The van der Waals surface area contributed by atoms with Gasteiger partial charge >= 0.3 is 6.36 Å². The van der Waals surface area contributed by atoms with Crippen LogP contribution in [0.1, 0.15) is 6.42 Å². The van der Waals surface area contributed by atoms with E-state index in [0.29, 0.717) is 11.0 Å². The summed E-state index contributed by atoms with van der Waals surface area (Å²) in [7, 11) is 1.67. The molecule has 19 heavy (non-hydrogen) atoms. The molecule has 0 atom stereocenters. The fourth-order valence-corrected chi connectivity index (χ4v) is 1.60. The maximum absolute atomic E-state index is 12.2. The summed E-state index contributed by atoms with van der Waals surface area (Å²) in [6, 6.07) is 3.99. The first-order valence-corrected chi connectivity index (χ1v) is 6.11. The quantitative estimate of drug-likeness (QED) is 0.866. The van der Waals surface area contributed by atoms with Gasteiger partial charge in [-0.25, -0.2) is 0 Å². The van der Waals surface area contributed by atoms with Crippen molar-refractivity contribution in [1.29, 1.82) is 0 Å². The molecule has 0 aromatic heterocycles. The van der Waals surface area contributed by atoms with Crippen LogP contribution in [0.2, 0.25) is 0 Å². The minimum Gasteiger partial charge on any atom is -0.404 e. The van der Waals surface area contributed by atoms with E-state index in [1.165, 1.54) is 12.1 Å². The van der Waals surface area contributed by atoms with Crippen molar-refractivity contribution in [2.24, 2.45) is 0 Å². The fourth-order valence-electron chi connectivity index (χ4n) is 1.26. The molecule has 0 bridgehead atoms. The first kappa shape index (κ1) is 15.8. The molecule has 1 rings (SSSR count). The lowest BCUT2D eigenvalue weighted by Crippen LogP contribution is -2.21. The van der Waals surface area contributed by atoms with E-state index in [-0.39, 0.29) is 12.1 Å². The molecule has 2 N–H and O–H groups in total. The number of rotatable bonds is 5. The van der Waals surface area contributed by atoms with Gasteiger partial charge in [-0.3, -0.25) is 4.79 Å². The molecule has 106 valence electrons.